The molecule has 0 saturated heterocycles. The van der Waals surface area contributed by atoms with Crippen LogP contribution in [-0.4, -0.2) is 32.7 Å². The van der Waals surface area contributed by atoms with Crippen molar-refractivity contribution in [2.45, 2.75) is 6.61 Å². The molecule has 0 atom stereocenters. The standard InChI is InChI=1S/C22H13F2N3O6S2.Na.H/c1-32-14-4-11(24)13(27-20(28)17-12(26-22(27)31)7-34-19(17)21(29)30)5-15(14)33-6-9-10(23)2-3-16-18(9)25-8-35-16;;/h2-5,7-8H,6H2,1H3,(H,26,31)(H,29,30);;/q;+1;-1. The minimum absolute atomic E-state index is 0. The number of rotatable bonds is 6. The van der Waals surface area contributed by atoms with Gasteiger partial charge in [0.2, 0.25) is 0 Å². The van der Waals surface area contributed by atoms with E-state index < -0.39 is 34.5 Å². The number of carboxylic acid groups (broad SMARTS) is 1. The number of thiophene rings is 1. The number of aromatic amines is 1. The van der Waals surface area contributed by atoms with Crippen molar-refractivity contribution in [2.24, 2.45) is 0 Å². The number of H-pyrrole nitrogens is 1. The molecule has 36 heavy (non-hydrogen) atoms. The molecular weight excluding hydrogens is 527 g/mol. The van der Waals surface area contributed by atoms with Gasteiger partial charge in [0, 0.05) is 17.5 Å². The molecule has 0 aliphatic heterocycles. The van der Waals surface area contributed by atoms with Gasteiger partial charge < -0.3 is 21.0 Å². The zero-order valence-electron chi connectivity index (χ0n) is 19.6. The Hall–Kier alpha value is -3.10. The van der Waals surface area contributed by atoms with Crippen molar-refractivity contribution in [3.05, 3.63) is 78.1 Å². The Bertz CT molecular complexity index is 1770. The molecule has 3 heterocycles. The normalized spacial score (nSPS) is 11.0. The quantitative estimate of drug-likeness (QED) is 0.308. The van der Waals surface area contributed by atoms with Crippen LogP contribution in [0.1, 0.15) is 16.7 Å². The van der Waals surface area contributed by atoms with E-state index in [1.54, 1.807) is 11.6 Å². The average molecular weight is 541 g/mol. The van der Waals surface area contributed by atoms with Crippen LogP contribution in [0.3, 0.4) is 0 Å². The van der Waals surface area contributed by atoms with Gasteiger partial charge >= 0.3 is 41.2 Å². The summed E-state index contributed by atoms with van der Waals surface area (Å²) < 4.78 is 41.6. The number of benzene rings is 2. The summed E-state index contributed by atoms with van der Waals surface area (Å²) in [5.41, 5.74) is -0.332. The number of nitrogens with one attached hydrogen (secondary N) is 1. The first-order valence-electron chi connectivity index (χ1n) is 9.81. The molecule has 2 aromatic carbocycles. The number of halogens is 2. The first-order valence-corrected chi connectivity index (χ1v) is 11.6. The van der Waals surface area contributed by atoms with E-state index in [-0.39, 0.29) is 70.4 Å². The number of ether oxygens (including phenoxy) is 2. The second-order valence-electron chi connectivity index (χ2n) is 7.20. The summed E-state index contributed by atoms with van der Waals surface area (Å²) in [6.07, 6.45) is 0. The van der Waals surface area contributed by atoms with E-state index in [1.807, 2.05) is 0 Å². The Balaban J connectivity index is 0.00000190. The summed E-state index contributed by atoms with van der Waals surface area (Å²) in [6, 6.07) is 4.84. The maximum Gasteiger partial charge on any atom is 1.00 e. The van der Waals surface area contributed by atoms with Crippen molar-refractivity contribution in [2.75, 3.05) is 7.11 Å². The fourth-order valence-corrected chi connectivity index (χ4v) is 5.17. The van der Waals surface area contributed by atoms with Crippen LogP contribution in [0.15, 0.2) is 44.7 Å². The summed E-state index contributed by atoms with van der Waals surface area (Å²) >= 11 is 2.08. The Morgan fingerprint density at radius 2 is 1.97 bits per heavy atom. The minimum atomic E-state index is -1.36. The molecule has 0 aliphatic rings. The maximum absolute atomic E-state index is 15.0. The second-order valence-corrected chi connectivity index (χ2v) is 8.96. The number of aromatic nitrogens is 3. The topological polar surface area (TPSA) is 124 Å². The average Bonchev–Trinajstić information content (AvgIpc) is 3.47. The van der Waals surface area contributed by atoms with Gasteiger partial charge in [-0.2, -0.15) is 0 Å². The monoisotopic (exact) mass is 541 g/mol. The Kier molecular flexibility index (Phi) is 7.29. The molecule has 14 heteroatoms. The number of aromatic carboxylic acids is 1. The Morgan fingerprint density at radius 1 is 1.19 bits per heavy atom. The van der Waals surface area contributed by atoms with Crippen molar-refractivity contribution in [1.82, 2.24) is 14.5 Å². The van der Waals surface area contributed by atoms with Gasteiger partial charge in [-0.15, -0.1) is 22.7 Å². The number of hydrogen-bond acceptors (Lipinski definition) is 8. The van der Waals surface area contributed by atoms with E-state index in [0.29, 0.717) is 10.1 Å². The van der Waals surface area contributed by atoms with Crippen LogP contribution in [0.25, 0.3) is 26.8 Å². The molecule has 0 spiro atoms. The number of methoxy groups -OCH3 is 1. The number of hydrogen-bond donors (Lipinski definition) is 2. The molecule has 9 nitrogen and oxygen atoms in total. The van der Waals surface area contributed by atoms with Gasteiger partial charge in [-0.05, 0) is 12.1 Å². The summed E-state index contributed by atoms with van der Waals surface area (Å²) in [7, 11) is 1.26. The first-order chi connectivity index (χ1) is 16.8. The molecule has 180 valence electrons. The predicted molar refractivity (Wildman–Crippen MR) is 127 cm³/mol. The van der Waals surface area contributed by atoms with Crippen molar-refractivity contribution >= 4 is 49.8 Å². The molecule has 2 N–H and O–H groups in total. The van der Waals surface area contributed by atoms with E-state index in [0.717, 1.165) is 28.2 Å². The van der Waals surface area contributed by atoms with Crippen LogP contribution in [-0.2, 0) is 6.61 Å². The van der Waals surface area contributed by atoms with Crippen LogP contribution in [0.2, 0.25) is 0 Å². The molecule has 5 aromatic rings. The smallest absolute Gasteiger partial charge is 1.00 e. The third-order valence-electron chi connectivity index (χ3n) is 5.24. The molecule has 0 fully saturated rings. The van der Waals surface area contributed by atoms with E-state index in [9.17, 15) is 23.9 Å². The number of fused-ring (bicyclic) bond motifs is 2. The van der Waals surface area contributed by atoms with Gasteiger partial charge in [0.15, 0.2) is 17.3 Å². The fourth-order valence-electron chi connectivity index (χ4n) is 3.63. The van der Waals surface area contributed by atoms with Gasteiger partial charge in [-0.3, -0.25) is 4.79 Å². The zero-order valence-corrected chi connectivity index (χ0v) is 22.3. The molecule has 0 radical (unpaired) electrons. The van der Waals surface area contributed by atoms with Crippen LogP contribution in [0.5, 0.6) is 11.5 Å². The molecule has 5 rings (SSSR count). The van der Waals surface area contributed by atoms with E-state index in [4.69, 9.17) is 9.47 Å². The molecule has 0 bridgehead atoms. The second kappa shape index (κ2) is 10.1. The zero-order chi connectivity index (χ0) is 24.9. The summed E-state index contributed by atoms with van der Waals surface area (Å²) in [5, 5.41) is 10.4. The minimum Gasteiger partial charge on any atom is -1.00 e. The molecule has 0 unspecified atom stereocenters. The van der Waals surface area contributed by atoms with Crippen molar-refractivity contribution < 1.29 is 59.1 Å². The fraction of sp³-hybridized carbons (Fsp3) is 0.0909. The van der Waals surface area contributed by atoms with Gasteiger partial charge in [-0.25, -0.2) is 27.9 Å². The van der Waals surface area contributed by atoms with Crippen LogP contribution < -0.4 is 50.3 Å². The summed E-state index contributed by atoms with van der Waals surface area (Å²) in [5.74, 6) is -3.06. The van der Waals surface area contributed by atoms with E-state index in [2.05, 4.69) is 9.97 Å². The molecular formula is C22H14F2N3NaO6S2. The van der Waals surface area contributed by atoms with Crippen LogP contribution in [0, 0.1) is 11.6 Å². The Labute approximate surface area is 231 Å². The van der Waals surface area contributed by atoms with Crippen molar-refractivity contribution in [1.29, 1.82) is 0 Å². The predicted octanol–water partition coefficient (Wildman–Crippen LogP) is 1.03. The number of carboxylic acids is 1. The van der Waals surface area contributed by atoms with Crippen molar-refractivity contribution in [3.63, 3.8) is 0 Å². The molecule has 0 amide bonds. The van der Waals surface area contributed by atoms with Gasteiger partial charge in [0.1, 0.15) is 17.3 Å². The third-order valence-corrected chi connectivity index (χ3v) is 7.01. The largest absolute Gasteiger partial charge is 1.00 e. The number of carbonyl (C=O) groups is 1. The van der Waals surface area contributed by atoms with Crippen LogP contribution in [0.4, 0.5) is 8.78 Å². The summed E-state index contributed by atoms with van der Waals surface area (Å²) in [6.45, 7) is -0.299. The SMILES string of the molecule is COc1cc(F)c(-n2c(=O)[nH]c3csc(C(=O)O)c3c2=O)cc1OCc1c(F)ccc2scnc12.[H-].[Na+]. The molecule has 3 aromatic heterocycles. The maximum atomic E-state index is 15.0. The first kappa shape index (κ1) is 26.0. The van der Waals surface area contributed by atoms with Crippen LogP contribution >= 0.6 is 22.7 Å². The number of thiazole rings is 1. The molecule has 0 aliphatic carbocycles. The number of nitrogens with zero attached hydrogens (tertiary/aromatic N) is 2. The van der Waals surface area contributed by atoms with Gasteiger partial charge in [0.25, 0.3) is 5.56 Å². The van der Waals surface area contributed by atoms with Crippen molar-refractivity contribution in [3.8, 4) is 17.2 Å². The van der Waals surface area contributed by atoms with Gasteiger partial charge in [-0.1, -0.05) is 0 Å². The summed E-state index contributed by atoms with van der Waals surface area (Å²) in [4.78, 5) is 43.5. The Morgan fingerprint density at radius 3 is 2.69 bits per heavy atom. The van der Waals surface area contributed by atoms with Gasteiger partial charge in [0.05, 0.1) is 45.0 Å². The van der Waals surface area contributed by atoms with E-state index in [1.165, 1.54) is 29.9 Å². The van der Waals surface area contributed by atoms with E-state index >= 15 is 4.39 Å². The third kappa shape index (κ3) is 4.33. The molecule has 0 saturated carbocycles.